The first-order chi connectivity index (χ1) is 9.38. The van der Waals surface area contributed by atoms with Crippen molar-refractivity contribution in [2.45, 2.75) is 31.8 Å². The quantitative estimate of drug-likeness (QED) is 0.618. The molecule has 1 aromatic rings. The Hall–Kier alpha value is -1.38. The molecule has 0 spiro atoms. The summed E-state index contributed by atoms with van der Waals surface area (Å²) in [6, 6.07) is 0. The monoisotopic (exact) mass is 305 g/mol. The summed E-state index contributed by atoms with van der Waals surface area (Å²) >= 11 is 0. The van der Waals surface area contributed by atoms with Crippen molar-refractivity contribution in [2.24, 2.45) is 0 Å². The molecule has 3 N–H and O–H groups in total. The molecule has 0 aliphatic carbocycles. The number of aliphatic hydroxyl groups excluding tert-OH is 1. The highest BCUT2D eigenvalue weighted by Crippen LogP contribution is 2.29. The van der Waals surface area contributed by atoms with Gasteiger partial charge in [-0.1, -0.05) is 0 Å². The van der Waals surface area contributed by atoms with E-state index in [4.69, 9.17) is 9.63 Å². The van der Waals surface area contributed by atoms with Crippen LogP contribution in [0.4, 0.5) is 0 Å². The molecule has 1 aliphatic rings. The number of nitrogens with one attached hydrogen (secondary N) is 1. The predicted octanol–water partition coefficient (Wildman–Crippen LogP) is -0.840. The van der Waals surface area contributed by atoms with Crippen molar-refractivity contribution < 1.29 is 23.8 Å². The van der Waals surface area contributed by atoms with Gasteiger partial charge in [0.25, 0.3) is 5.56 Å². The number of aryl methyl sites for hydroxylation is 1. The maximum Gasteiger partial charge on any atom is 0.694 e. The standard InChI is InChI=1S/C10H13N2O7P/c1-5-3-12(10(15)11-9(5)14)8-2-6(13)7(19-8)4-18-20(16)17/h3,6-8,13H,2,4H2,1H3,(H-,11,14,15,16,17)/p+1/t6?,7-,8-/m1/s1. The summed E-state index contributed by atoms with van der Waals surface area (Å²) in [5, 5.41) is 9.78. The molecule has 0 radical (unpaired) electrons. The molecule has 2 unspecified atom stereocenters. The fraction of sp³-hybridized carbons (Fsp3) is 0.600. The molecule has 110 valence electrons. The van der Waals surface area contributed by atoms with E-state index in [1.807, 2.05) is 0 Å². The molecule has 2 rings (SSSR count). The highest BCUT2D eigenvalue weighted by molar-refractivity contribution is 7.32. The van der Waals surface area contributed by atoms with E-state index in [9.17, 15) is 19.3 Å². The summed E-state index contributed by atoms with van der Waals surface area (Å²) in [6.07, 6.45) is -1.06. The van der Waals surface area contributed by atoms with Crippen molar-refractivity contribution in [3.8, 4) is 0 Å². The Kier molecular flexibility index (Phi) is 4.46. The molecule has 20 heavy (non-hydrogen) atoms. The zero-order valence-corrected chi connectivity index (χ0v) is 11.4. The molecule has 1 aromatic heterocycles. The molecule has 10 heteroatoms. The second-order valence-electron chi connectivity index (χ2n) is 4.44. The van der Waals surface area contributed by atoms with Crippen molar-refractivity contribution >= 4 is 8.25 Å². The van der Waals surface area contributed by atoms with E-state index >= 15 is 0 Å². The second-order valence-corrected chi connectivity index (χ2v) is 5.18. The van der Waals surface area contributed by atoms with Crippen LogP contribution >= 0.6 is 8.25 Å². The first-order valence-electron chi connectivity index (χ1n) is 5.83. The van der Waals surface area contributed by atoms with Gasteiger partial charge in [0.05, 0.1) is 6.10 Å². The van der Waals surface area contributed by atoms with Crippen LogP contribution in [0, 0.1) is 6.92 Å². The van der Waals surface area contributed by atoms with Crippen LogP contribution in [0.5, 0.6) is 0 Å². The minimum atomic E-state index is -2.78. The number of nitrogens with zero attached hydrogens (tertiary/aromatic N) is 1. The first kappa shape index (κ1) is 15.0. The Bertz CT molecular complexity index is 625. The Morgan fingerprint density at radius 1 is 1.60 bits per heavy atom. The van der Waals surface area contributed by atoms with E-state index in [1.54, 1.807) is 0 Å². The minimum absolute atomic E-state index is 0.113. The molecule has 1 aliphatic heterocycles. The van der Waals surface area contributed by atoms with E-state index in [0.29, 0.717) is 5.56 Å². The Morgan fingerprint density at radius 2 is 2.30 bits per heavy atom. The number of ether oxygens (including phenoxy) is 1. The van der Waals surface area contributed by atoms with Gasteiger partial charge in [-0.2, -0.15) is 0 Å². The fourth-order valence-electron chi connectivity index (χ4n) is 1.97. The molecule has 4 atom stereocenters. The number of H-pyrrole nitrogens is 1. The van der Waals surface area contributed by atoms with Gasteiger partial charge < -0.3 is 9.84 Å². The van der Waals surface area contributed by atoms with Crippen LogP contribution in [-0.4, -0.2) is 38.4 Å². The lowest BCUT2D eigenvalue weighted by atomic mass is 10.2. The van der Waals surface area contributed by atoms with Gasteiger partial charge in [-0.3, -0.25) is 14.3 Å². The van der Waals surface area contributed by atoms with Crippen molar-refractivity contribution in [1.82, 2.24) is 9.55 Å². The van der Waals surface area contributed by atoms with Gasteiger partial charge in [0.15, 0.2) is 0 Å². The number of rotatable bonds is 4. The number of hydrogen-bond acceptors (Lipinski definition) is 6. The summed E-state index contributed by atoms with van der Waals surface area (Å²) in [7, 11) is -2.78. The average Bonchev–Trinajstić information content (AvgIpc) is 2.72. The number of hydrogen-bond donors (Lipinski definition) is 3. The third-order valence-electron chi connectivity index (χ3n) is 3.01. The normalized spacial score (nSPS) is 26.8. The number of aliphatic hydroxyl groups is 1. The van der Waals surface area contributed by atoms with Crippen molar-refractivity contribution in [3.63, 3.8) is 0 Å². The van der Waals surface area contributed by atoms with Crippen LogP contribution < -0.4 is 11.2 Å². The summed E-state index contributed by atoms with van der Waals surface area (Å²) in [6.45, 7) is 1.28. The molecule has 0 saturated carbocycles. The largest absolute Gasteiger partial charge is 0.694 e. The van der Waals surface area contributed by atoms with Crippen molar-refractivity contribution in [2.75, 3.05) is 6.61 Å². The van der Waals surface area contributed by atoms with Gasteiger partial charge in [0, 0.05) is 22.7 Å². The zero-order chi connectivity index (χ0) is 14.9. The van der Waals surface area contributed by atoms with Gasteiger partial charge in [-0.15, -0.1) is 9.42 Å². The lowest BCUT2D eigenvalue weighted by Gasteiger charge is -2.14. The summed E-state index contributed by atoms with van der Waals surface area (Å²) in [4.78, 5) is 33.6. The van der Waals surface area contributed by atoms with E-state index in [0.717, 1.165) is 0 Å². The highest BCUT2D eigenvalue weighted by Gasteiger charge is 2.37. The third-order valence-corrected chi connectivity index (χ3v) is 3.38. The molecular weight excluding hydrogens is 291 g/mol. The van der Waals surface area contributed by atoms with Gasteiger partial charge in [0.2, 0.25) is 0 Å². The maximum atomic E-state index is 11.7. The SMILES string of the molecule is Cc1cn([C@H]2CC(O)[C@@H](CO[P+](=O)O)O2)c(=O)[nH]c1=O. The summed E-state index contributed by atoms with van der Waals surface area (Å²) < 4.78 is 21.5. The van der Waals surface area contributed by atoms with Crippen molar-refractivity contribution in [1.29, 1.82) is 0 Å². The van der Waals surface area contributed by atoms with E-state index in [2.05, 4.69) is 9.51 Å². The molecule has 1 fully saturated rings. The lowest BCUT2D eigenvalue weighted by Crippen LogP contribution is -2.33. The van der Waals surface area contributed by atoms with E-state index in [1.165, 1.54) is 17.7 Å². The van der Waals surface area contributed by atoms with Gasteiger partial charge >= 0.3 is 13.9 Å². The lowest BCUT2D eigenvalue weighted by molar-refractivity contribution is -0.0413. The summed E-state index contributed by atoms with van der Waals surface area (Å²) in [5.74, 6) is 0. The minimum Gasteiger partial charge on any atom is -0.390 e. The molecule has 0 bridgehead atoms. The van der Waals surface area contributed by atoms with Gasteiger partial charge in [-0.25, -0.2) is 4.79 Å². The van der Waals surface area contributed by atoms with Crippen LogP contribution in [0.25, 0.3) is 0 Å². The number of aromatic amines is 1. The third kappa shape index (κ3) is 3.20. The predicted molar refractivity (Wildman–Crippen MR) is 66.4 cm³/mol. The van der Waals surface area contributed by atoms with E-state index in [-0.39, 0.29) is 13.0 Å². The van der Waals surface area contributed by atoms with Crippen LogP contribution in [0.1, 0.15) is 18.2 Å². The molecule has 9 nitrogen and oxygen atoms in total. The summed E-state index contributed by atoms with van der Waals surface area (Å²) in [5.41, 5.74) is -0.796. The Balaban J connectivity index is 2.16. The molecule has 0 aromatic carbocycles. The Labute approximate surface area is 113 Å². The average molecular weight is 305 g/mol. The molecule has 0 amide bonds. The fourth-order valence-corrected chi connectivity index (χ4v) is 2.25. The first-order valence-corrected chi connectivity index (χ1v) is 6.96. The van der Waals surface area contributed by atoms with Gasteiger partial charge in [0.1, 0.15) is 18.9 Å². The van der Waals surface area contributed by atoms with Crippen LogP contribution in [0.15, 0.2) is 15.8 Å². The maximum absolute atomic E-state index is 11.7. The topological polar surface area (TPSA) is 131 Å². The zero-order valence-electron chi connectivity index (χ0n) is 10.6. The van der Waals surface area contributed by atoms with Crippen LogP contribution in [0.3, 0.4) is 0 Å². The van der Waals surface area contributed by atoms with Crippen LogP contribution in [0.2, 0.25) is 0 Å². The molecule has 1 saturated heterocycles. The van der Waals surface area contributed by atoms with E-state index < -0.39 is 37.9 Å². The smallest absolute Gasteiger partial charge is 0.390 e. The Morgan fingerprint density at radius 3 is 2.95 bits per heavy atom. The molecular formula is C10H14N2O7P+. The van der Waals surface area contributed by atoms with Gasteiger partial charge in [-0.05, 0) is 6.92 Å². The number of aromatic nitrogens is 2. The van der Waals surface area contributed by atoms with Crippen molar-refractivity contribution in [3.05, 3.63) is 32.6 Å². The second kappa shape index (κ2) is 5.94. The molecule has 2 heterocycles. The highest BCUT2D eigenvalue weighted by atomic mass is 31.1. The van der Waals surface area contributed by atoms with Crippen LogP contribution in [-0.2, 0) is 13.8 Å².